The number of nitrogens with one attached hydrogen (secondary N) is 1. The Morgan fingerprint density at radius 1 is 1.28 bits per heavy atom. The molecule has 4 nitrogen and oxygen atoms in total. The van der Waals surface area contributed by atoms with Gasteiger partial charge in [0.1, 0.15) is 5.60 Å². The monoisotopic (exact) mass is 353 g/mol. The van der Waals surface area contributed by atoms with Crippen molar-refractivity contribution in [2.75, 3.05) is 0 Å². The normalized spacial score (nSPS) is 20.0. The molecule has 0 aromatic heterocycles. The zero-order valence-corrected chi connectivity index (χ0v) is 16.9. The van der Waals surface area contributed by atoms with Crippen molar-refractivity contribution in [2.24, 2.45) is 17.8 Å². The van der Waals surface area contributed by atoms with Crippen LogP contribution in [0.4, 0.5) is 4.79 Å². The highest BCUT2D eigenvalue weighted by Gasteiger charge is 2.28. The first kappa shape index (κ1) is 22.0. The molecule has 0 aliphatic heterocycles. The van der Waals surface area contributed by atoms with Crippen LogP contribution in [0.25, 0.3) is 0 Å². The molecular formula is C21H39NO3. The van der Waals surface area contributed by atoms with Crippen molar-refractivity contribution < 1.29 is 14.6 Å². The van der Waals surface area contributed by atoms with Crippen LogP contribution >= 0.6 is 0 Å². The predicted molar refractivity (Wildman–Crippen MR) is 103 cm³/mol. The number of ether oxygens (including phenoxy) is 1. The molecule has 0 saturated heterocycles. The van der Waals surface area contributed by atoms with Gasteiger partial charge in [-0.05, 0) is 45.4 Å². The number of aliphatic hydroxyl groups excluding tert-OH is 1. The molecule has 0 aromatic rings. The fraction of sp³-hybridized carbons (Fsp3) is 0.857. The summed E-state index contributed by atoms with van der Waals surface area (Å²) >= 11 is 0. The standard InChI is InChI=1S/C21H39NO3/c1-7-18(15(2)3)19(23)14-17(13-16-11-9-8-10-12-16)22-20(24)25-21(4,5)6/h7,15-19,23H,1,8-14H2,2-6H3,(H,22,24)/t17-,18+,19-/m0/s1. The molecule has 1 aliphatic rings. The van der Waals surface area contributed by atoms with Crippen molar-refractivity contribution in [3.8, 4) is 0 Å². The van der Waals surface area contributed by atoms with E-state index in [1.54, 1.807) is 0 Å². The molecule has 3 atom stereocenters. The average Bonchev–Trinajstić information content (AvgIpc) is 2.46. The van der Waals surface area contributed by atoms with E-state index in [9.17, 15) is 9.90 Å². The first-order chi connectivity index (χ1) is 11.6. The van der Waals surface area contributed by atoms with Gasteiger partial charge in [0, 0.05) is 12.0 Å². The number of alkyl carbamates (subject to hydrolysis) is 1. The predicted octanol–water partition coefficient (Wildman–Crippen LogP) is 5.06. The summed E-state index contributed by atoms with van der Waals surface area (Å²) in [6.07, 6.45) is 8.70. The Kier molecular flexibility index (Phi) is 8.98. The molecular weight excluding hydrogens is 314 g/mol. The molecule has 0 spiro atoms. The van der Waals surface area contributed by atoms with E-state index in [2.05, 4.69) is 25.7 Å². The van der Waals surface area contributed by atoms with Crippen LogP contribution in [-0.4, -0.2) is 28.9 Å². The second kappa shape index (κ2) is 10.2. The highest BCUT2D eigenvalue weighted by atomic mass is 16.6. The minimum absolute atomic E-state index is 0.0364. The Bertz CT molecular complexity index is 408. The van der Waals surface area contributed by atoms with Gasteiger partial charge in [0.2, 0.25) is 0 Å². The van der Waals surface area contributed by atoms with Gasteiger partial charge in [0.15, 0.2) is 0 Å². The van der Waals surface area contributed by atoms with Crippen molar-refractivity contribution in [2.45, 2.75) is 97.3 Å². The third-order valence-corrected chi connectivity index (χ3v) is 5.08. The van der Waals surface area contributed by atoms with Crippen molar-refractivity contribution in [3.05, 3.63) is 12.7 Å². The van der Waals surface area contributed by atoms with Crippen molar-refractivity contribution in [1.29, 1.82) is 0 Å². The summed E-state index contributed by atoms with van der Waals surface area (Å²) in [4.78, 5) is 12.2. The van der Waals surface area contributed by atoms with Crippen LogP contribution in [0.5, 0.6) is 0 Å². The maximum Gasteiger partial charge on any atom is 0.407 e. The van der Waals surface area contributed by atoms with Crippen LogP contribution in [-0.2, 0) is 4.74 Å². The SMILES string of the molecule is C=C[C@H](C(C)C)[C@@H](O)C[C@H](CC1CCCCC1)NC(=O)OC(C)(C)C. The van der Waals surface area contributed by atoms with Crippen molar-refractivity contribution in [1.82, 2.24) is 5.32 Å². The zero-order valence-electron chi connectivity index (χ0n) is 16.9. The van der Waals surface area contributed by atoms with E-state index < -0.39 is 11.7 Å². The zero-order chi connectivity index (χ0) is 19.0. The van der Waals surface area contributed by atoms with Gasteiger partial charge in [-0.1, -0.05) is 52.0 Å². The Labute approximate surface area is 154 Å². The van der Waals surface area contributed by atoms with E-state index in [1.807, 2.05) is 26.8 Å². The molecule has 0 heterocycles. The van der Waals surface area contributed by atoms with Crippen LogP contribution in [0.2, 0.25) is 0 Å². The molecule has 0 bridgehead atoms. The maximum atomic E-state index is 12.2. The van der Waals surface area contributed by atoms with Crippen molar-refractivity contribution >= 4 is 6.09 Å². The van der Waals surface area contributed by atoms with Gasteiger partial charge in [-0.2, -0.15) is 0 Å². The molecule has 0 aromatic carbocycles. The lowest BCUT2D eigenvalue weighted by Crippen LogP contribution is -2.43. The van der Waals surface area contributed by atoms with Gasteiger partial charge in [-0.25, -0.2) is 4.79 Å². The highest BCUT2D eigenvalue weighted by molar-refractivity contribution is 5.68. The summed E-state index contributed by atoms with van der Waals surface area (Å²) in [5, 5.41) is 13.7. The highest BCUT2D eigenvalue weighted by Crippen LogP contribution is 2.29. The minimum atomic E-state index is -0.514. The lowest BCUT2D eigenvalue weighted by molar-refractivity contribution is 0.0436. The van der Waals surface area contributed by atoms with Gasteiger partial charge < -0.3 is 15.2 Å². The first-order valence-electron chi connectivity index (χ1n) is 9.92. The van der Waals surface area contributed by atoms with E-state index >= 15 is 0 Å². The van der Waals surface area contributed by atoms with Crippen LogP contribution in [0.15, 0.2) is 12.7 Å². The van der Waals surface area contributed by atoms with E-state index in [0.717, 1.165) is 6.42 Å². The van der Waals surface area contributed by atoms with Gasteiger partial charge in [0.05, 0.1) is 6.10 Å². The second-order valence-corrected chi connectivity index (χ2v) is 8.94. The van der Waals surface area contributed by atoms with E-state index in [4.69, 9.17) is 4.74 Å². The third kappa shape index (κ3) is 8.75. The lowest BCUT2D eigenvalue weighted by Gasteiger charge is -2.31. The Morgan fingerprint density at radius 2 is 1.88 bits per heavy atom. The molecule has 2 N–H and O–H groups in total. The first-order valence-corrected chi connectivity index (χ1v) is 9.92. The summed E-state index contributed by atoms with van der Waals surface area (Å²) in [7, 11) is 0. The number of hydrogen-bond acceptors (Lipinski definition) is 3. The topological polar surface area (TPSA) is 58.6 Å². The van der Waals surface area contributed by atoms with E-state index in [0.29, 0.717) is 18.3 Å². The van der Waals surface area contributed by atoms with Gasteiger partial charge >= 0.3 is 6.09 Å². The summed E-state index contributed by atoms with van der Waals surface area (Å²) in [5.41, 5.74) is -0.514. The number of rotatable bonds is 8. The van der Waals surface area contributed by atoms with Gasteiger partial charge in [-0.15, -0.1) is 6.58 Å². The molecule has 146 valence electrons. The molecule has 1 fully saturated rings. The number of aliphatic hydroxyl groups is 1. The van der Waals surface area contributed by atoms with Crippen molar-refractivity contribution in [3.63, 3.8) is 0 Å². The Balaban J connectivity index is 2.71. The summed E-state index contributed by atoms with van der Waals surface area (Å²) in [6.45, 7) is 13.6. The largest absolute Gasteiger partial charge is 0.444 e. The summed E-state index contributed by atoms with van der Waals surface area (Å²) in [6, 6.07) is -0.0610. The average molecular weight is 354 g/mol. The summed E-state index contributed by atoms with van der Waals surface area (Å²) in [5.74, 6) is 0.987. The molecule has 1 rings (SSSR count). The molecule has 0 radical (unpaired) electrons. The van der Waals surface area contributed by atoms with Crippen LogP contribution in [0.3, 0.4) is 0 Å². The Morgan fingerprint density at radius 3 is 2.36 bits per heavy atom. The van der Waals surface area contributed by atoms with E-state index in [-0.39, 0.29) is 18.1 Å². The van der Waals surface area contributed by atoms with Crippen LogP contribution in [0, 0.1) is 17.8 Å². The number of carbonyl (C=O) groups excluding carboxylic acids is 1. The summed E-state index contributed by atoms with van der Waals surface area (Å²) < 4.78 is 5.42. The lowest BCUT2D eigenvalue weighted by atomic mass is 9.81. The van der Waals surface area contributed by atoms with Gasteiger partial charge in [0.25, 0.3) is 0 Å². The second-order valence-electron chi connectivity index (χ2n) is 8.94. The molecule has 1 saturated carbocycles. The third-order valence-electron chi connectivity index (χ3n) is 5.08. The Hall–Kier alpha value is -1.03. The minimum Gasteiger partial charge on any atom is -0.444 e. The maximum absolute atomic E-state index is 12.2. The van der Waals surface area contributed by atoms with Gasteiger partial charge in [-0.3, -0.25) is 0 Å². The molecule has 1 amide bonds. The number of hydrogen-bond donors (Lipinski definition) is 2. The molecule has 1 aliphatic carbocycles. The van der Waals surface area contributed by atoms with Crippen LogP contribution < -0.4 is 5.32 Å². The number of carbonyl (C=O) groups is 1. The van der Waals surface area contributed by atoms with E-state index in [1.165, 1.54) is 32.1 Å². The fourth-order valence-electron chi connectivity index (χ4n) is 3.84. The fourth-order valence-corrected chi connectivity index (χ4v) is 3.84. The molecule has 0 unspecified atom stereocenters. The smallest absolute Gasteiger partial charge is 0.407 e. The quantitative estimate of drug-likeness (QED) is 0.600. The number of amides is 1. The molecule has 25 heavy (non-hydrogen) atoms. The molecule has 4 heteroatoms. The van der Waals surface area contributed by atoms with Crippen LogP contribution in [0.1, 0.15) is 79.6 Å².